The molecule has 0 aromatic rings. The Morgan fingerprint density at radius 1 is 1.12 bits per heavy atom. The highest BCUT2D eigenvalue weighted by molar-refractivity contribution is 7.86. The lowest BCUT2D eigenvalue weighted by Gasteiger charge is -2.33. The summed E-state index contributed by atoms with van der Waals surface area (Å²) in [6.45, 7) is 1.71. The van der Waals surface area contributed by atoms with Gasteiger partial charge in [0.25, 0.3) is 10.1 Å². The number of hydrogen-bond donors (Lipinski definition) is 1. The first-order chi connectivity index (χ1) is 7.90. The minimum atomic E-state index is -4.28. The normalized spacial score (nSPS) is 33.3. The minimum absolute atomic E-state index is 0.0878. The molecule has 0 radical (unpaired) electrons. The fourth-order valence-corrected chi connectivity index (χ4v) is 3.20. The first-order valence-corrected chi connectivity index (χ1v) is 6.50. The second-order valence-corrected chi connectivity index (χ2v) is 5.71. The van der Waals surface area contributed by atoms with Crippen LogP contribution >= 0.6 is 0 Å². The number of carbonyl (C=O) groups excluding carboxylic acids is 2. The third kappa shape index (κ3) is 3.31. The van der Waals surface area contributed by atoms with Crippen molar-refractivity contribution in [2.24, 2.45) is 15.9 Å². The maximum atomic E-state index is 11.1. The average molecular weight is 260 g/mol. The van der Waals surface area contributed by atoms with Gasteiger partial charge in [0.1, 0.15) is 5.25 Å². The lowest BCUT2D eigenvalue weighted by atomic mass is 9.83. The molecule has 17 heavy (non-hydrogen) atoms. The molecule has 0 amide bonds. The van der Waals surface area contributed by atoms with Crippen LogP contribution in [-0.4, -0.2) is 42.5 Å². The Bertz CT molecular complexity index is 476. The molecule has 0 spiro atoms. The number of rotatable bonds is 3. The van der Waals surface area contributed by atoms with Gasteiger partial charge in [-0.3, -0.25) is 4.55 Å². The topological polar surface area (TPSA) is 113 Å². The Morgan fingerprint density at radius 3 is 2.12 bits per heavy atom. The summed E-state index contributed by atoms with van der Waals surface area (Å²) in [4.78, 5) is 27.3. The van der Waals surface area contributed by atoms with E-state index in [1.807, 2.05) is 0 Å². The molecule has 8 heteroatoms. The number of nitrogens with zero attached hydrogens (tertiary/aromatic N) is 2. The fourth-order valence-electron chi connectivity index (χ4n) is 2.08. The van der Waals surface area contributed by atoms with Crippen molar-refractivity contribution in [1.82, 2.24) is 0 Å². The van der Waals surface area contributed by atoms with E-state index in [2.05, 4.69) is 9.98 Å². The summed E-state index contributed by atoms with van der Waals surface area (Å²) in [6, 6.07) is -1.35. The molecular formula is C9H12N2O5S. The number of aliphatic imine (C=N–C) groups is 2. The SMILES string of the molecule is CC1CC(S(=O)(=O)O)C(N=C=O)CC1N=C=O. The van der Waals surface area contributed by atoms with Crippen molar-refractivity contribution in [2.75, 3.05) is 0 Å². The minimum Gasteiger partial charge on any atom is -0.285 e. The molecule has 0 bridgehead atoms. The Balaban J connectivity index is 3.03. The number of isocyanates is 2. The molecule has 4 atom stereocenters. The summed E-state index contributed by atoms with van der Waals surface area (Å²) >= 11 is 0. The van der Waals surface area contributed by atoms with E-state index in [1.165, 1.54) is 12.2 Å². The standard InChI is InChI=1S/C9H12N2O5S/c1-6-2-9(17(14,15)16)8(11-5-13)3-7(6)10-4-12/h6-9H,2-3H2,1H3,(H,14,15,16). The summed E-state index contributed by atoms with van der Waals surface area (Å²) in [5, 5.41) is -1.14. The van der Waals surface area contributed by atoms with E-state index in [0.29, 0.717) is 0 Å². The summed E-state index contributed by atoms with van der Waals surface area (Å²) in [5.41, 5.74) is 0. The fraction of sp³-hybridized carbons (Fsp3) is 0.778. The maximum absolute atomic E-state index is 11.1. The summed E-state index contributed by atoms with van der Waals surface area (Å²) < 4.78 is 31.3. The van der Waals surface area contributed by atoms with Crippen LogP contribution in [0.4, 0.5) is 0 Å². The molecule has 0 aliphatic heterocycles. The molecule has 1 aliphatic carbocycles. The van der Waals surface area contributed by atoms with Gasteiger partial charge in [-0.2, -0.15) is 8.42 Å². The van der Waals surface area contributed by atoms with Gasteiger partial charge in [-0.1, -0.05) is 6.92 Å². The Kier molecular flexibility index (Phi) is 4.31. The van der Waals surface area contributed by atoms with E-state index in [9.17, 15) is 18.0 Å². The van der Waals surface area contributed by atoms with Crippen LogP contribution in [0.3, 0.4) is 0 Å². The van der Waals surface area contributed by atoms with Gasteiger partial charge >= 0.3 is 0 Å². The van der Waals surface area contributed by atoms with Crippen molar-refractivity contribution in [3.8, 4) is 0 Å². The zero-order valence-corrected chi connectivity index (χ0v) is 9.92. The first kappa shape index (κ1) is 13.7. The van der Waals surface area contributed by atoms with Crippen LogP contribution in [0.25, 0.3) is 0 Å². The molecule has 4 unspecified atom stereocenters. The number of hydrogen-bond acceptors (Lipinski definition) is 6. The lowest BCUT2D eigenvalue weighted by molar-refractivity contribution is 0.293. The van der Waals surface area contributed by atoms with Crippen LogP contribution in [0.1, 0.15) is 19.8 Å². The van der Waals surface area contributed by atoms with E-state index < -0.39 is 27.5 Å². The quantitative estimate of drug-likeness (QED) is 0.438. The molecule has 1 N–H and O–H groups in total. The van der Waals surface area contributed by atoms with Gasteiger partial charge in [0.2, 0.25) is 12.2 Å². The van der Waals surface area contributed by atoms with E-state index in [4.69, 9.17) is 4.55 Å². The smallest absolute Gasteiger partial charge is 0.269 e. The summed E-state index contributed by atoms with van der Waals surface area (Å²) in [6.07, 6.45) is 2.88. The van der Waals surface area contributed by atoms with Crippen molar-refractivity contribution < 1.29 is 22.6 Å². The molecule has 1 saturated carbocycles. The van der Waals surface area contributed by atoms with Gasteiger partial charge in [0.05, 0.1) is 12.1 Å². The largest absolute Gasteiger partial charge is 0.285 e. The molecule has 0 aromatic carbocycles. The highest BCUT2D eigenvalue weighted by Gasteiger charge is 2.41. The van der Waals surface area contributed by atoms with Crippen LogP contribution in [0.2, 0.25) is 0 Å². The van der Waals surface area contributed by atoms with E-state index in [1.54, 1.807) is 6.92 Å². The van der Waals surface area contributed by atoms with E-state index in [-0.39, 0.29) is 18.8 Å². The molecule has 1 aliphatic rings. The second kappa shape index (κ2) is 5.33. The Hall–Kier alpha value is -1.33. The van der Waals surface area contributed by atoms with Crippen LogP contribution in [0.5, 0.6) is 0 Å². The van der Waals surface area contributed by atoms with E-state index >= 15 is 0 Å². The molecule has 0 heterocycles. The third-order valence-corrected chi connectivity index (χ3v) is 4.26. The van der Waals surface area contributed by atoms with Crippen molar-refractivity contribution in [2.45, 2.75) is 37.1 Å². The van der Waals surface area contributed by atoms with Crippen LogP contribution in [0, 0.1) is 5.92 Å². The Morgan fingerprint density at radius 2 is 1.65 bits per heavy atom. The maximum Gasteiger partial charge on any atom is 0.269 e. The Labute approximate surface area is 98.4 Å². The predicted octanol–water partition coefficient (Wildman–Crippen LogP) is 0.0815. The van der Waals surface area contributed by atoms with Gasteiger partial charge in [0, 0.05) is 0 Å². The van der Waals surface area contributed by atoms with Crippen molar-refractivity contribution in [1.29, 1.82) is 0 Å². The predicted molar refractivity (Wildman–Crippen MR) is 57.6 cm³/mol. The molecule has 7 nitrogen and oxygen atoms in total. The van der Waals surface area contributed by atoms with Gasteiger partial charge in [-0.25, -0.2) is 19.6 Å². The zero-order chi connectivity index (χ0) is 13.1. The molecule has 1 rings (SSSR count). The van der Waals surface area contributed by atoms with Crippen molar-refractivity contribution in [3.63, 3.8) is 0 Å². The average Bonchev–Trinajstić information content (AvgIpc) is 2.21. The van der Waals surface area contributed by atoms with Gasteiger partial charge in [-0.05, 0) is 18.8 Å². The van der Waals surface area contributed by atoms with Crippen molar-refractivity contribution in [3.05, 3.63) is 0 Å². The van der Waals surface area contributed by atoms with Crippen LogP contribution < -0.4 is 0 Å². The van der Waals surface area contributed by atoms with Crippen LogP contribution in [-0.2, 0) is 19.7 Å². The highest BCUT2D eigenvalue weighted by atomic mass is 32.2. The molecular weight excluding hydrogens is 248 g/mol. The first-order valence-electron chi connectivity index (χ1n) is 5.00. The molecule has 94 valence electrons. The van der Waals surface area contributed by atoms with Gasteiger partial charge in [0.15, 0.2) is 0 Å². The third-order valence-electron chi connectivity index (χ3n) is 2.99. The molecule has 0 aromatic heterocycles. The van der Waals surface area contributed by atoms with Crippen LogP contribution in [0.15, 0.2) is 9.98 Å². The van der Waals surface area contributed by atoms with Gasteiger partial charge < -0.3 is 0 Å². The lowest BCUT2D eigenvalue weighted by Crippen LogP contribution is -2.43. The van der Waals surface area contributed by atoms with Gasteiger partial charge in [-0.15, -0.1) is 0 Å². The van der Waals surface area contributed by atoms with E-state index in [0.717, 1.165) is 0 Å². The summed E-state index contributed by atoms with van der Waals surface area (Å²) in [7, 11) is -4.28. The zero-order valence-electron chi connectivity index (χ0n) is 9.11. The molecule has 1 fully saturated rings. The molecule has 0 saturated heterocycles. The monoisotopic (exact) mass is 260 g/mol. The highest BCUT2D eigenvalue weighted by Crippen LogP contribution is 2.32. The summed E-state index contributed by atoms with van der Waals surface area (Å²) in [5.74, 6) is -0.207. The second-order valence-electron chi connectivity index (χ2n) is 4.08. The van der Waals surface area contributed by atoms with Crippen molar-refractivity contribution >= 4 is 22.3 Å².